The number of fused-ring (bicyclic) bond motifs is 1. The fraction of sp³-hybridized carbons (Fsp3) is 0.381. The highest BCUT2D eigenvalue weighted by atomic mass is 35.5. The van der Waals surface area contributed by atoms with Crippen molar-refractivity contribution in [2.45, 2.75) is 6.61 Å². The van der Waals surface area contributed by atoms with E-state index in [1.165, 1.54) is 0 Å². The minimum absolute atomic E-state index is 0.00951. The molecule has 1 fully saturated rings. The van der Waals surface area contributed by atoms with E-state index in [1.807, 2.05) is 29.2 Å². The van der Waals surface area contributed by atoms with Crippen LogP contribution in [-0.2, 0) is 20.9 Å². The van der Waals surface area contributed by atoms with Crippen LogP contribution in [0.3, 0.4) is 0 Å². The Morgan fingerprint density at radius 3 is 2.41 bits per heavy atom. The van der Waals surface area contributed by atoms with Crippen molar-refractivity contribution in [2.24, 2.45) is 0 Å². The van der Waals surface area contributed by atoms with E-state index < -0.39 is 0 Å². The van der Waals surface area contributed by atoms with E-state index in [-0.39, 0.29) is 12.5 Å². The summed E-state index contributed by atoms with van der Waals surface area (Å²) in [5, 5.41) is 0.712. The molecule has 6 heteroatoms. The lowest BCUT2D eigenvalue weighted by atomic mass is 10.0. The molecule has 142 valence electrons. The van der Waals surface area contributed by atoms with Gasteiger partial charge in [0.05, 0.1) is 19.8 Å². The predicted molar refractivity (Wildman–Crippen MR) is 106 cm³/mol. The van der Waals surface area contributed by atoms with E-state index in [9.17, 15) is 4.79 Å². The summed E-state index contributed by atoms with van der Waals surface area (Å²) >= 11 is 6.01. The van der Waals surface area contributed by atoms with E-state index in [0.29, 0.717) is 18.2 Å². The monoisotopic (exact) mass is 386 g/mol. The van der Waals surface area contributed by atoms with Crippen LogP contribution in [0.2, 0.25) is 5.02 Å². The van der Waals surface area contributed by atoms with Crippen LogP contribution in [0.15, 0.2) is 42.5 Å². The van der Waals surface area contributed by atoms with Gasteiger partial charge in [-0.2, -0.15) is 0 Å². The summed E-state index contributed by atoms with van der Waals surface area (Å²) in [5.74, 6) is 0.00951. The summed E-state index contributed by atoms with van der Waals surface area (Å²) in [5.41, 5.74) is 4.13. The number of halogens is 1. The Labute approximate surface area is 164 Å². The van der Waals surface area contributed by atoms with Crippen LogP contribution < -0.4 is 4.90 Å². The number of rotatable bonds is 4. The number of ether oxygens (including phenoxy) is 2. The van der Waals surface area contributed by atoms with E-state index in [1.54, 1.807) is 0 Å². The third kappa shape index (κ3) is 4.33. The standard InChI is InChI=1S/C21H23ClN2O3/c22-19-5-3-16(4-6-19)17-1-2-18-14-27-15-21(25)24(20(18)13-17)8-7-23-9-11-26-12-10-23/h1-6,13H,7-12,14-15H2. The number of carbonyl (C=O) groups is 1. The Kier molecular flexibility index (Phi) is 5.74. The molecule has 0 unspecified atom stereocenters. The molecule has 2 aromatic carbocycles. The molecule has 27 heavy (non-hydrogen) atoms. The van der Waals surface area contributed by atoms with Crippen LogP contribution in [0.4, 0.5) is 5.69 Å². The van der Waals surface area contributed by atoms with Gasteiger partial charge < -0.3 is 14.4 Å². The highest BCUT2D eigenvalue weighted by molar-refractivity contribution is 6.30. The highest BCUT2D eigenvalue weighted by Crippen LogP contribution is 2.31. The Hall–Kier alpha value is -1.92. The molecule has 1 amide bonds. The Morgan fingerprint density at radius 2 is 1.63 bits per heavy atom. The van der Waals surface area contributed by atoms with Gasteiger partial charge in [0.15, 0.2) is 0 Å². The van der Waals surface area contributed by atoms with Crippen molar-refractivity contribution in [3.63, 3.8) is 0 Å². The molecule has 0 atom stereocenters. The summed E-state index contributed by atoms with van der Waals surface area (Å²) in [4.78, 5) is 16.9. The lowest BCUT2D eigenvalue weighted by Gasteiger charge is -2.30. The van der Waals surface area contributed by atoms with E-state index in [4.69, 9.17) is 21.1 Å². The van der Waals surface area contributed by atoms with Crippen molar-refractivity contribution in [1.82, 2.24) is 4.90 Å². The van der Waals surface area contributed by atoms with Crippen LogP contribution in [0.5, 0.6) is 0 Å². The molecule has 0 aliphatic carbocycles. The van der Waals surface area contributed by atoms with Crippen molar-refractivity contribution < 1.29 is 14.3 Å². The van der Waals surface area contributed by atoms with Crippen molar-refractivity contribution >= 4 is 23.2 Å². The first-order valence-corrected chi connectivity index (χ1v) is 9.65. The summed E-state index contributed by atoms with van der Waals surface area (Å²) in [6.07, 6.45) is 0. The molecule has 5 nitrogen and oxygen atoms in total. The molecule has 0 N–H and O–H groups in total. The number of carbonyl (C=O) groups excluding carboxylic acids is 1. The summed E-state index contributed by atoms with van der Waals surface area (Å²) < 4.78 is 11.0. The van der Waals surface area contributed by atoms with Crippen molar-refractivity contribution in [2.75, 3.05) is 50.9 Å². The van der Waals surface area contributed by atoms with Gasteiger partial charge in [0, 0.05) is 42.5 Å². The smallest absolute Gasteiger partial charge is 0.253 e. The maximum Gasteiger partial charge on any atom is 0.253 e. The second kappa shape index (κ2) is 8.40. The van der Waals surface area contributed by atoms with Crippen LogP contribution in [0.25, 0.3) is 11.1 Å². The molecule has 1 saturated heterocycles. The average Bonchev–Trinajstić information content (AvgIpc) is 2.85. The molecule has 0 radical (unpaired) electrons. The summed E-state index contributed by atoms with van der Waals surface area (Å²) in [7, 11) is 0. The maximum absolute atomic E-state index is 12.7. The summed E-state index contributed by atoms with van der Waals surface area (Å²) in [6, 6.07) is 14.0. The molecule has 0 saturated carbocycles. The zero-order valence-corrected chi connectivity index (χ0v) is 16.0. The molecular formula is C21H23ClN2O3. The first kappa shape index (κ1) is 18.4. The maximum atomic E-state index is 12.7. The number of hydrogen-bond donors (Lipinski definition) is 0. The fourth-order valence-corrected chi connectivity index (χ4v) is 3.66. The lowest BCUT2D eigenvalue weighted by molar-refractivity contribution is -0.123. The van der Waals surface area contributed by atoms with Gasteiger partial charge in [-0.3, -0.25) is 9.69 Å². The van der Waals surface area contributed by atoms with Crippen LogP contribution >= 0.6 is 11.6 Å². The van der Waals surface area contributed by atoms with Crippen molar-refractivity contribution in [3.05, 3.63) is 53.1 Å². The number of morpholine rings is 1. The van der Waals surface area contributed by atoms with E-state index >= 15 is 0 Å². The molecule has 0 aromatic heterocycles. The molecule has 4 rings (SSSR count). The highest BCUT2D eigenvalue weighted by Gasteiger charge is 2.24. The second-order valence-electron chi connectivity index (χ2n) is 6.84. The largest absolute Gasteiger partial charge is 0.379 e. The molecule has 2 aromatic rings. The molecule has 0 spiro atoms. The SMILES string of the molecule is O=C1COCc2ccc(-c3ccc(Cl)cc3)cc2N1CCN1CCOCC1. The quantitative estimate of drug-likeness (QED) is 0.809. The van der Waals surface area contributed by atoms with Crippen molar-refractivity contribution in [1.29, 1.82) is 0 Å². The Balaban J connectivity index is 1.60. The van der Waals surface area contributed by atoms with Gasteiger partial charge in [0.1, 0.15) is 6.61 Å². The first-order valence-electron chi connectivity index (χ1n) is 9.28. The predicted octanol–water partition coefficient (Wildman–Crippen LogP) is 3.20. The van der Waals surface area contributed by atoms with Gasteiger partial charge >= 0.3 is 0 Å². The normalized spacial score (nSPS) is 18.3. The third-order valence-corrected chi connectivity index (χ3v) is 5.33. The van der Waals surface area contributed by atoms with Gasteiger partial charge in [-0.15, -0.1) is 0 Å². The zero-order chi connectivity index (χ0) is 18.6. The first-order chi connectivity index (χ1) is 13.2. The lowest BCUT2D eigenvalue weighted by Crippen LogP contribution is -2.43. The number of benzene rings is 2. The fourth-order valence-electron chi connectivity index (χ4n) is 3.53. The molecule has 0 bridgehead atoms. The van der Waals surface area contributed by atoms with Crippen molar-refractivity contribution in [3.8, 4) is 11.1 Å². The van der Waals surface area contributed by atoms with Gasteiger partial charge in [0.25, 0.3) is 5.91 Å². The number of anilines is 1. The molecular weight excluding hydrogens is 364 g/mol. The Bertz CT molecular complexity index is 804. The van der Waals surface area contributed by atoms with Gasteiger partial charge in [-0.05, 0) is 29.3 Å². The topological polar surface area (TPSA) is 42.0 Å². The Morgan fingerprint density at radius 1 is 0.889 bits per heavy atom. The minimum atomic E-state index is 0.00951. The van der Waals surface area contributed by atoms with Gasteiger partial charge in [0.2, 0.25) is 0 Å². The zero-order valence-electron chi connectivity index (χ0n) is 15.2. The second-order valence-corrected chi connectivity index (χ2v) is 7.28. The van der Waals surface area contributed by atoms with Crippen LogP contribution in [-0.4, -0.2) is 56.8 Å². The molecule has 2 heterocycles. The number of hydrogen-bond acceptors (Lipinski definition) is 4. The third-order valence-electron chi connectivity index (χ3n) is 5.08. The number of nitrogens with zero attached hydrogens (tertiary/aromatic N) is 2. The van der Waals surface area contributed by atoms with Crippen LogP contribution in [0, 0.1) is 0 Å². The van der Waals surface area contributed by atoms with E-state index in [2.05, 4.69) is 23.1 Å². The average molecular weight is 387 g/mol. The minimum Gasteiger partial charge on any atom is -0.379 e. The molecule has 2 aliphatic rings. The van der Waals surface area contributed by atoms with Gasteiger partial charge in [-0.1, -0.05) is 35.9 Å². The number of amides is 1. The van der Waals surface area contributed by atoms with Crippen LogP contribution in [0.1, 0.15) is 5.56 Å². The van der Waals surface area contributed by atoms with Gasteiger partial charge in [-0.25, -0.2) is 0 Å². The summed E-state index contributed by atoms with van der Waals surface area (Å²) in [6.45, 7) is 5.40. The molecule has 2 aliphatic heterocycles. The van der Waals surface area contributed by atoms with E-state index in [0.717, 1.165) is 55.2 Å².